The van der Waals surface area contributed by atoms with Crippen molar-refractivity contribution in [2.45, 2.75) is 46.2 Å². The Kier molecular flexibility index (Phi) is 6.42. The van der Waals surface area contributed by atoms with Gasteiger partial charge < -0.3 is 19.9 Å². The Labute approximate surface area is 178 Å². The zero-order valence-corrected chi connectivity index (χ0v) is 17.7. The van der Waals surface area contributed by atoms with Gasteiger partial charge in [0.05, 0.1) is 6.04 Å². The number of carbonyl (C=O) groups excluding carboxylic acids is 2. The molecule has 9 heteroatoms. The number of hydrogen-bond donors (Lipinski definition) is 2. The first-order valence-electron chi connectivity index (χ1n) is 10.3. The molecule has 4 rings (SSSR count). The van der Waals surface area contributed by atoms with E-state index in [1.807, 2.05) is 20.8 Å². The maximum absolute atomic E-state index is 13.8. The van der Waals surface area contributed by atoms with Gasteiger partial charge in [-0.25, -0.2) is 8.78 Å². The minimum atomic E-state index is -0.921. The number of carbonyl (C=O) groups is 2. The van der Waals surface area contributed by atoms with Crippen molar-refractivity contribution in [2.75, 3.05) is 13.1 Å². The lowest BCUT2D eigenvalue weighted by Crippen LogP contribution is -2.44. The number of likely N-dealkylation sites (N-methyl/N-ethyl adjacent to an activating group) is 1. The van der Waals surface area contributed by atoms with Gasteiger partial charge in [-0.1, -0.05) is 19.9 Å². The number of benzene rings is 1. The molecular weight excluding hydrogens is 408 g/mol. The van der Waals surface area contributed by atoms with E-state index in [4.69, 9.17) is 0 Å². The Morgan fingerprint density at radius 2 is 1.97 bits per heavy atom. The fourth-order valence-electron chi connectivity index (χ4n) is 4.11. The smallest absolute Gasteiger partial charge is 0.274 e. The fourth-order valence-corrected chi connectivity index (χ4v) is 4.11. The van der Waals surface area contributed by atoms with Gasteiger partial charge in [-0.15, -0.1) is 0 Å². The molecule has 2 aliphatic rings. The fraction of sp³-hybridized carbons (Fsp3) is 0.409. The van der Waals surface area contributed by atoms with E-state index in [-0.39, 0.29) is 29.4 Å². The van der Waals surface area contributed by atoms with Gasteiger partial charge in [0, 0.05) is 37.0 Å². The quantitative estimate of drug-likeness (QED) is 0.776. The van der Waals surface area contributed by atoms with Gasteiger partial charge in [0.15, 0.2) is 11.4 Å². The highest BCUT2D eigenvalue weighted by Gasteiger charge is 2.40. The van der Waals surface area contributed by atoms with E-state index in [1.54, 1.807) is 9.47 Å². The standard InChI is InChI=1S/C20H19F2N3O4.C2H6/c1-2-24-9-12-5-6-14-15(17(26)18(27)16(20(24)29)25(12)14)19(28)23-8-10-3-4-11(21)7-13(10)22;1-2/h3-4,7,12,27H,2,5-6,8-9H2,1H3,(H,23,28);1-2H3/t12-;/m1./s1. The molecule has 1 atom stereocenters. The number of pyridine rings is 1. The van der Waals surface area contributed by atoms with Crippen molar-refractivity contribution in [3.8, 4) is 5.75 Å². The molecule has 1 aromatic heterocycles. The summed E-state index contributed by atoms with van der Waals surface area (Å²) in [5, 5.41) is 12.9. The number of nitrogens with one attached hydrogen (secondary N) is 1. The Hall–Kier alpha value is -3.23. The minimum Gasteiger partial charge on any atom is -0.503 e. The summed E-state index contributed by atoms with van der Waals surface area (Å²) in [6.45, 7) is 6.45. The first kappa shape index (κ1) is 22.5. The molecule has 7 nitrogen and oxygen atoms in total. The van der Waals surface area contributed by atoms with Gasteiger partial charge >= 0.3 is 0 Å². The maximum atomic E-state index is 13.8. The Morgan fingerprint density at radius 1 is 1.26 bits per heavy atom. The molecule has 0 fully saturated rings. The van der Waals surface area contributed by atoms with E-state index in [2.05, 4.69) is 5.32 Å². The molecule has 0 bridgehead atoms. The Balaban J connectivity index is 0.00000132. The van der Waals surface area contributed by atoms with Crippen molar-refractivity contribution in [3.05, 3.63) is 62.6 Å². The van der Waals surface area contributed by atoms with Crippen LogP contribution in [0.5, 0.6) is 5.75 Å². The number of aromatic nitrogens is 1. The summed E-state index contributed by atoms with van der Waals surface area (Å²) in [5.74, 6) is -3.51. The van der Waals surface area contributed by atoms with E-state index < -0.39 is 34.6 Å². The number of nitrogens with zero attached hydrogens (tertiary/aromatic N) is 2. The van der Waals surface area contributed by atoms with Gasteiger partial charge in [-0.05, 0) is 25.8 Å². The van der Waals surface area contributed by atoms with Crippen LogP contribution in [0.1, 0.15) is 65.3 Å². The van der Waals surface area contributed by atoms with Gasteiger partial charge in [0.2, 0.25) is 5.43 Å². The number of amides is 2. The minimum absolute atomic E-state index is 0.0603. The summed E-state index contributed by atoms with van der Waals surface area (Å²) < 4.78 is 28.4. The van der Waals surface area contributed by atoms with Crippen LogP contribution in [0.15, 0.2) is 23.0 Å². The zero-order chi connectivity index (χ0) is 22.9. The highest BCUT2D eigenvalue weighted by molar-refractivity contribution is 6.00. The third-order valence-corrected chi connectivity index (χ3v) is 5.55. The summed E-state index contributed by atoms with van der Waals surface area (Å²) >= 11 is 0. The first-order chi connectivity index (χ1) is 14.8. The molecule has 2 amide bonds. The highest BCUT2D eigenvalue weighted by atomic mass is 19.1. The van der Waals surface area contributed by atoms with Crippen LogP contribution in [-0.2, 0) is 13.0 Å². The number of halogens is 2. The second kappa shape index (κ2) is 8.87. The van der Waals surface area contributed by atoms with Crippen LogP contribution in [0.4, 0.5) is 8.78 Å². The van der Waals surface area contributed by atoms with Crippen molar-refractivity contribution in [3.63, 3.8) is 0 Å². The molecular formula is C22H25F2N3O4. The molecule has 0 radical (unpaired) electrons. The summed E-state index contributed by atoms with van der Waals surface area (Å²) in [6.07, 6.45) is 1.04. The van der Waals surface area contributed by atoms with Gasteiger partial charge in [0.25, 0.3) is 11.8 Å². The summed E-state index contributed by atoms with van der Waals surface area (Å²) in [4.78, 5) is 39.7. The molecule has 0 aliphatic carbocycles. The largest absolute Gasteiger partial charge is 0.503 e. The molecule has 2 aliphatic heterocycles. The topological polar surface area (TPSA) is 91.6 Å². The van der Waals surface area contributed by atoms with Gasteiger partial charge in [0.1, 0.15) is 17.2 Å². The number of hydrogen-bond acceptors (Lipinski definition) is 4. The molecule has 0 saturated carbocycles. The zero-order valence-electron chi connectivity index (χ0n) is 17.7. The van der Waals surface area contributed by atoms with E-state index in [0.29, 0.717) is 37.7 Å². The van der Waals surface area contributed by atoms with Crippen molar-refractivity contribution in [2.24, 2.45) is 0 Å². The SMILES string of the molecule is CC.CCN1C[C@H]2CCc3c(C(=O)NCc4ccc(F)cc4F)c(=O)c(O)c(n32)C1=O. The molecule has 2 aromatic rings. The van der Waals surface area contributed by atoms with Crippen molar-refractivity contribution in [1.29, 1.82) is 0 Å². The van der Waals surface area contributed by atoms with Crippen LogP contribution in [0.2, 0.25) is 0 Å². The summed E-state index contributed by atoms with van der Waals surface area (Å²) in [6, 6.07) is 2.86. The van der Waals surface area contributed by atoms with Crippen LogP contribution in [-0.4, -0.2) is 39.5 Å². The lowest BCUT2D eigenvalue weighted by molar-refractivity contribution is 0.0676. The monoisotopic (exact) mass is 433 g/mol. The van der Waals surface area contributed by atoms with Crippen molar-refractivity contribution < 1.29 is 23.5 Å². The van der Waals surface area contributed by atoms with Crippen LogP contribution in [0, 0.1) is 11.6 Å². The first-order valence-corrected chi connectivity index (χ1v) is 10.3. The Bertz CT molecular complexity index is 1100. The summed E-state index contributed by atoms with van der Waals surface area (Å²) in [5.41, 5.74) is -0.787. The van der Waals surface area contributed by atoms with Crippen LogP contribution < -0.4 is 10.7 Å². The number of aromatic hydroxyl groups is 1. The maximum Gasteiger partial charge on any atom is 0.274 e. The van der Waals surface area contributed by atoms with Crippen molar-refractivity contribution >= 4 is 11.8 Å². The molecule has 3 heterocycles. The predicted molar refractivity (Wildman–Crippen MR) is 110 cm³/mol. The summed E-state index contributed by atoms with van der Waals surface area (Å²) in [7, 11) is 0. The predicted octanol–water partition coefficient (Wildman–Crippen LogP) is 2.75. The van der Waals surface area contributed by atoms with Crippen LogP contribution in [0.25, 0.3) is 0 Å². The Morgan fingerprint density at radius 3 is 2.61 bits per heavy atom. The number of rotatable bonds is 4. The lowest BCUT2D eigenvalue weighted by Gasteiger charge is -2.34. The van der Waals surface area contributed by atoms with Gasteiger partial charge in [-0.3, -0.25) is 14.4 Å². The second-order valence-corrected chi connectivity index (χ2v) is 7.17. The average Bonchev–Trinajstić information content (AvgIpc) is 3.16. The average molecular weight is 433 g/mol. The van der Waals surface area contributed by atoms with Crippen molar-refractivity contribution in [1.82, 2.24) is 14.8 Å². The third-order valence-electron chi connectivity index (χ3n) is 5.55. The van der Waals surface area contributed by atoms with Crippen LogP contribution in [0.3, 0.4) is 0 Å². The van der Waals surface area contributed by atoms with Crippen LogP contribution >= 0.6 is 0 Å². The van der Waals surface area contributed by atoms with E-state index in [1.165, 1.54) is 6.07 Å². The highest BCUT2D eigenvalue weighted by Crippen LogP contribution is 2.36. The van der Waals surface area contributed by atoms with Gasteiger partial charge in [-0.2, -0.15) is 0 Å². The third kappa shape index (κ3) is 3.80. The normalized spacial score (nSPS) is 16.5. The molecule has 1 aromatic carbocycles. The molecule has 2 N–H and O–H groups in total. The van der Waals surface area contributed by atoms with E-state index in [0.717, 1.165) is 6.07 Å². The molecule has 166 valence electrons. The molecule has 0 spiro atoms. The lowest BCUT2D eigenvalue weighted by atomic mass is 10.1. The molecule has 31 heavy (non-hydrogen) atoms. The van der Waals surface area contributed by atoms with E-state index in [9.17, 15) is 28.3 Å². The molecule has 0 saturated heterocycles. The second-order valence-electron chi connectivity index (χ2n) is 7.17. The van der Waals surface area contributed by atoms with E-state index >= 15 is 0 Å². The molecule has 0 unspecified atom stereocenters.